The Balaban J connectivity index is 1.60. The van der Waals surface area contributed by atoms with E-state index in [9.17, 15) is 4.39 Å². The summed E-state index contributed by atoms with van der Waals surface area (Å²) < 4.78 is 16.7. The summed E-state index contributed by atoms with van der Waals surface area (Å²) in [5.74, 6) is 1.26. The fourth-order valence-electron chi connectivity index (χ4n) is 3.31. The van der Waals surface area contributed by atoms with Gasteiger partial charge in [-0.2, -0.15) is 0 Å². The van der Waals surface area contributed by atoms with E-state index in [2.05, 4.69) is 36.5 Å². The van der Waals surface area contributed by atoms with Gasteiger partial charge in [0.1, 0.15) is 5.65 Å². The van der Waals surface area contributed by atoms with E-state index in [4.69, 9.17) is 11.6 Å². The first-order valence-corrected chi connectivity index (χ1v) is 10.3. The minimum Gasteiger partial charge on any atom is -0.363 e. The van der Waals surface area contributed by atoms with Gasteiger partial charge in [0.15, 0.2) is 17.5 Å². The van der Waals surface area contributed by atoms with E-state index in [1.165, 1.54) is 6.20 Å². The van der Waals surface area contributed by atoms with Crippen molar-refractivity contribution in [3.05, 3.63) is 35.5 Å². The molecule has 3 aromatic heterocycles. The number of pyridine rings is 1. The van der Waals surface area contributed by atoms with Crippen LogP contribution in [0.5, 0.6) is 0 Å². The maximum atomic E-state index is 14.3. The van der Waals surface area contributed by atoms with Crippen LogP contribution in [-0.4, -0.2) is 49.1 Å². The van der Waals surface area contributed by atoms with Crippen LogP contribution in [0.4, 0.5) is 10.2 Å². The first kappa shape index (κ1) is 18.5. The zero-order chi connectivity index (χ0) is 18.8. The highest BCUT2D eigenvalue weighted by Gasteiger charge is 2.22. The molecule has 1 saturated heterocycles. The summed E-state index contributed by atoms with van der Waals surface area (Å²) in [5.41, 5.74) is 1.44. The fraction of sp³-hybridized carbons (Fsp3) is 0.389. The summed E-state index contributed by atoms with van der Waals surface area (Å²) in [6, 6.07) is 1.96. The monoisotopic (exact) mass is 406 g/mol. The molecule has 0 aliphatic carbocycles. The largest absolute Gasteiger partial charge is 0.363 e. The molecule has 1 atom stereocenters. The molecule has 4 rings (SSSR count). The first-order chi connectivity index (χ1) is 13.1. The van der Waals surface area contributed by atoms with Gasteiger partial charge in [-0.1, -0.05) is 30.5 Å². The maximum absolute atomic E-state index is 14.3. The van der Waals surface area contributed by atoms with Crippen molar-refractivity contribution in [3.63, 3.8) is 0 Å². The summed E-state index contributed by atoms with van der Waals surface area (Å²) in [6.45, 7) is 4.07. The van der Waals surface area contributed by atoms with Crippen LogP contribution in [0.1, 0.15) is 19.8 Å². The van der Waals surface area contributed by atoms with Crippen LogP contribution in [0.2, 0.25) is 5.02 Å². The number of rotatable bonds is 5. The van der Waals surface area contributed by atoms with Crippen molar-refractivity contribution in [1.29, 1.82) is 0 Å². The number of anilines is 1. The molecule has 3 aromatic rings. The van der Waals surface area contributed by atoms with E-state index in [0.717, 1.165) is 42.6 Å². The standard InChI is InChI=1S/C18H20ClFN6S/c1-2-27-26-5-3-4-12(10-26)24-18-15(20)9-23-17(25-18)14-8-22-16-13(14)6-11(19)7-21-16/h6-9,12H,2-5,10H2,1H3,(H,21,22)(H,23,24,25)/t12-/m1/s1. The van der Waals surface area contributed by atoms with Crippen LogP contribution in [0.3, 0.4) is 0 Å². The summed E-state index contributed by atoms with van der Waals surface area (Å²) in [4.78, 5) is 15.9. The molecule has 2 N–H and O–H groups in total. The smallest absolute Gasteiger partial charge is 0.183 e. The predicted octanol–water partition coefficient (Wildman–Crippen LogP) is 4.36. The molecule has 4 heterocycles. The fourth-order valence-corrected chi connectivity index (χ4v) is 4.38. The molecule has 1 fully saturated rings. The van der Waals surface area contributed by atoms with Gasteiger partial charge < -0.3 is 10.3 Å². The van der Waals surface area contributed by atoms with Gasteiger partial charge in [-0.25, -0.2) is 23.6 Å². The highest BCUT2D eigenvalue weighted by Crippen LogP contribution is 2.29. The average molecular weight is 407 g/mol. The number of hydrogen-bond donors (Lipinski definition) is 2. The summed E-state index contributed by atoms with van der Waals surface area (Å²) in [7, 11) is 0. The third-order valence-corrected chi connectivity index (χ3v) is 5.68. The number of nitrogens with one attached hydrogen (secondary N) is 2. The summed E-state index contributed by atoms with van der Waals surface area (Å²) in [5, 5.41) is 4.60. The Morgan fingerprint density at radius 1 is 1.41 bits per heavy atom. The third-order valence-electron chi connectivity index (χ3n) is 4.52. The Kier molecular flexibility index (Phi) is 5.47. The second-order valence-corrected chi connectivity index (χ2v) is 8.22. The second kappa shape index (κ2) is 8.00. The van der Waals surface area contributed by atoms with E-state index in [1.807, 2.05) is 11.9 Å². The minimum absolute atomic E-state index is 0.161. The van der Waals surface area contributed by atoms with Crippen LogP contribution in [0.15, 0.2) is 24.7 Å². The molecule has 1 aliphatic rings. The van der Waals surface area contributed by atoms with Gasteiger partial charge in [0, 0.05) is 48.2 Å². The summed E-state index contributed by atoms with van der Waals surface area (Å²) >= 11 is 7.88. The van der Waals surface area contributed by atoms with E-state index >= 15 is 0 Å². The van der Waals surface area contributed by atoms with Gasteiger partial charge >= 0.3 is 0 Å². The topological polar surface area (TPSA) is 69.7 Å². The number of aromatic nitrogens is 4. The number of H-pyrrole nitrogens is 1. The summed E-state index contributed by atoms with van der Waals surface area (Å²) in [6.07, 6.45) is 6.63. The molecule has 1 aliphatic heterocycles. The molecule has 0 spiro atoms. The van der Waals surface area contributed by atoms with E-state index in [-0.39, 0.29) is 11.9 Å². The van der Waals surface area contributed by atoms with Gasteiger partial charge in [0.2, 0.25) is 0 Å². The van der Waals surface area contributed by atoms with Crippen molar-refractivity contribution in [2.45, 2.75) is 25.8 Å². The van der Waals surface area contributed by atoms with Crippen LogP contribution in [0, 0.1) is 5.82 Å². The quantitative estimate of drug-likeness (QED) is 0.613. The molecule has 6 nitrogen and oxygen atoms in total. The Bertz CT molecular complexity index is 947. The number of nitrogens with zero attached hydrogens (tertiary/aromatic N) is 4. The maximum Gasteiger partial charge on any atom is 0.183 e. The molecule has 0 radical (unpaired) electrons. The van der Waals surface area contributed by atoms with Crippen molar-refractivity contribution in [2.24, 2.45) is 0 Å². The van der Waals surface area contributed by atoms with Crippen molar-refractivity contribution >= 4 is 40.4 Å². The third kappa shape index (κ3) is 4.02. The first-order valence-electron chi connectivity index (χ1n) is 8.94. The minimum atomic E-state index is -0.449. The van der Waals surface area contributed by atoms with E-state index in [1.54, 1.807) is 18.5 Å². The van der Waals surface area contributed by atoms with Gasteiger partial charge in [-0.15, -0.1) is 0 Å². The van der Waals surface area contributed by atoms with Crippen molar-refractivity contribution in [2.75, 3.05) is 24.2 Å². The second-order valence-electron chi connectivity index (χ2n) is 6.43. The molecule has 0 amide bonds. The highest BCUT2D eigenvalue weighted by atomic mass is 35.5. The van der Waals surface area contributed by atoms with E-state index < -0.39 is 5.82 Å². The number of aromatic amines is 1. The molecular weight excluding hydrogens is 387 g/mol. The Labute approximate surface area is 166 Å². The SMILES string of the molecule is CCSN1CCC[C@@H](Nc2nc(-c3c[nH]c4ncc(Cl)cc34)ncc2F)C1. The molecule has 27 heavy (non-hydrogen) atoms. The van der Waals surface area contributed by atoms with Gasteiger partial charge in [0.25, 0.3) is 0 Å². The molecule has 0 unspecified atom stereocenters. The number of piperidine rings is 1. The van der Waals surface area contributed by atoms with Gasteiger partial charge in [-0.3, -0.25) is 0 Å². The molecule has 0 aromatic carbocycles. The van der Waals surface area contributed by atoms with Crippen LogP contribution >= 0.6 is 23.5 Å². The zero-order valence-electron chi connectivity index (χ0n) is 14.9. The lowest BCUT2D eigenvalue weighted by Gasteiger charge is -2.32. The van der Waals surface area contributed by atoms with Crippen molar-refractivity contribution < 1.29 is 4.39 Å². The lowest BCUT2D eigenvalue weighted by Crippen LogP contribution is -2.39. The average Bonchev–Trinajstić information content (AvgIpc) is 3.07. The van der Waals surface area contributed by atoms with Crippen molar-refractivity contribution in [3.8, 4) is 11.4 Å². The van der Waals surface area contributed by atoms with Crippen molar-refractivity contribution in [1.82, 2.24) is 24.2 Å². The molecule has 0 bridgehead atoms. The number of hydrogen-bond acceptors (Lipinski definition) is 6. The number of halogens is 2. The van der Waals surface area contributed by atoms with Gasteiger partial charge in [0.05, 0.1) is 11.2 Å². The number of fused-ring (bicyclic) bond motifs is 1. The van der Waals surface area contributed by atoms with Crippen LogP contribution in [0.25, 0.3) is 22.4 Å². The Morgan fingerprint density at radius 2 is 2.30 bits per heavy atom. The Morgan fingerprint density at radius 3 is 3.15 bits per heavy atom. The molecule has 9 heteroatoms. The highest BCUT2D eigenvalue weighted by molar-refractivity contribution is 7.96. The Hall–Kier alpha value is -1.90. The van der Waals surface area contributed by atoms with Crippen LogP contribution < -0.4 is 5.32 Å². The lowest BCUT2D eigenvalue weighted by atomic mass is 10.1. The molecular formula is C18H20ClFN6S. The van der Waals surface area contributed by atoms with Gasteiger partial charge in [-0.05, 0) is 18.9 Å². The molecule has 142 valence electrons. The lowest BCUT2D eigenvalue weighted by molar-refractivity contribution is 0.355. The van der Waals surface area contributed by atoms with E-state index in [0.29, 0.717) is 16.5 Å². The van der Waals surface area contributed by atoms with Crippen LogP contribution in [-0.2, 0) is 0 Å². The normalized spacial score (nSPS) is 18.1. The zero-order valence-corrected chi connectivity index (χ0v) is 16.4. The predicted molar refractivity (Wildman–Crippen MR) is 108 cm³/mol. The molecule has 0 saturated carbocycles.